The molecular formula is C17H28ClNO5. The van der Waals surface area contributed by atoms with E-state index >= 15 is 0 Å². The number of quaternary nitrogens is 1. The molecule has 1 unspecified atom stereocenters. The Kier molecular flexibility index (Phi) is 9.03. The van der Waals surface area contributed by atoms with E-state index in [1.54, 1.807) is 33.5 Å². The van der Waals surface area contributed by atoms with Gasteiger partial charge in [-0.15, -0.1) is 0 Å². The van der Waals surface area contributed by atoms with Crippen molar-refractivity contribution in [2.24, 2.45) is 0 Å². The van der Waals surface area contributed by atoms with E-state index in [4.69, 9.17) is 18.9 Å². The van der Waals surface area contributed by atoms with Crippen molar-refractivity contribution in [2.75, 3.05) is 34.5 Å². The maximum absolute atomic E-state index is 10.1. The van der Waals surface area contributed by atoms with Crippen LogP contribution in [0.4, 0.5) is 0 Å². The summed E-state index contributed by atoms with van der Waals surface area (Å²) in [5.74, 6) is 2.18. The number of nitrogens with two attached hydrogens (primary N) is 1. The fourth-order valence-electron chi connectivity index (χ4n) is 2.94. The van der Waals surface area contributed by atoms with Crippen LogP contribution >= 0.6 is 0 Å². The Morgan fingerprint density at radius 1 is 1.08 bits per heavy atom. The first-order valence-electron chi connectivity index (χ1n) is 8.12. The third-order valence-electron chi connectivity index (χ3n) is 4.22. The van der Waals surface area contributed by atoms with Crippen LogP contribution in [0.5, 0.6) is 23.0 Å². The van der Waals surface area contributed by atoms with Gasteiger partial charge in [0.05, 0.1) is 27.4 Å². The van der Waals surface area contributed by atoms with Crippen molar-refractivity contribution in [2.45, 2.75) is 37.8 Å². The predicted molar refractivity (Wildman–Crippen MR) is 86.6 cm³/mol. The maximum atomic E-state index is 10.1. The molecule has 0 amide bonds. The first-order chi connectivity index (χ1) is 11.2. The predicted octanol–water partition coefficient (Wildman–Crippen LogP) is -2.04. The van der Waals surface area contributed by atoms with Crippen LogP contribution < -0.4 is 36.7 Å². The van der Waals surface area contributed by atoms with Gasteiger partial charge in [-0.25, -0.2) is 0 Å². The third-order valence-corrected chi connectivity index (χ3v) is 4.22. The van der Waals surface area contributed by atoms with Crippen molar-refractivity contribution >= 4 is 0 Å². The summed E-state index contributed by atoms with van der Waals surface area (Å²) in [5.41, 5.74) is 0. The van der Waals surface area contributed by atoms with Gasteiger partial charge in [0.15, 0.2) is 11.5 Å². The molecule has 1 fully saturated rings. The summed E-state index contributed by atoms with van der Waals surface area (Å²) in [6, 6.07) is 4.12. The molecule has 1 atom stereocenters. The lowest BCUT2D eigenvalue weighted by Gasteiger charge is -2.17. The summed E-state index contributed by atoms with van der Waals surface area (Å²) in [4.78, 5) is 0. The Labute approximate surface area is 149 Å². The van der Waals surface area contributed by atoms with Crippen LogP contribution in [0.1, 0.15) is 25.7 Å². The van der Waals surface area contributed by atoms with E-state index in [1.165, 1.54) is 25.7 Å². The van der Waals surface area contributed by atoms with E-state index in [0.717, 1.165) is 0 Å². The molecule has 1 aromatic carbocycles. The Bertz CT molecular complexity index is 469. The quantitative estimate of drug-likeness (QED) is 0.530. The van der Waals surface area contributed by atoms with E-state index in [0.29, 0.717) is 35.6 Å². The summed E-state index contributed by atoms with van der Waals surface area (Å²) in [6.45, 7) is 0.900. The average molecular weight is 362 g/mol. The zero-order valence-corrected chi connectivity index (χ0v) is 15.3. The van der Waals surface area contributed by atoms with E-state index in [-0.39, 0.29) is 19.0 Å². The average Bonchev–Trinajstić information content (AvgIpc) is 3.10. The number of hydrogen-bond donors (Lipinski definition) is 2. The lowest BCUT2D eigenvalue weighted by Crippen LogP contribution is -3.00. The Morgan fingerprint density at radius 2 is 1.67 bits per heavy atom. The van der Waals surface area contributed by atoms with Crippen molar-refractivity contribution in [3.8, 4) is 23.0 Å². The second-order valence-electron chi connectivity index (χ2n) is 5.84. The topological polar surface area (TPSA) is 73.8 Å². The van der Waals surface area contributed by atoms with Crippen LogP contribution in [0.15, 0.2) is 12.1 Å². The lowest BCUT2D eigenvalue weighted by atomic mass is 10.2. The minimum Gasteiger partial charge on any atom is -1.00 e. The molecule has 6 nitrogen and oxygen atoms in total. The molecule has 0 bridgehead atoms. The number of ether oxygens (including phenoxy) is 4. The molecule has 1 saturated carbocycles. The van der Waals surface area contributed by atoms with Crippen LogP contribution in [0, 0.1) is 0 Å². The maximum Gasteiger partial charge on any atom is 0.203 e. The number of methoxy groups -OCH3 is 3. The molecule has 0 saturated heterocycles. The number of halogens is 1. The van der Waals surface area contributed by atoms with Crippen LogP contribution in [-0.2, 0) is 0 Å². The summed E-state index contributed by atoms with van der Waals surface area (Å²) in [5, 5.41) is 12.3. The molecular weight excluding hydrogens is 334 g/mol. The summed E-state index contributed by atoms with van der Waals surface area (Å²) < 4.78 is 21.5. The number of rotatable bonds is 9. The highest BCUT2D eigenvalue weighted by molar-refractivity contribution is 5.55. The van der Waals surface area contributed by atoms with Gasteiger partial charge >= 0.3 is 0 Å². The van der Waals surface area contributed by atoms with Crippen molar-refractivity contribution < 1.29 is 41.8 Å². The highest BCUT2D eigenvalue weighted by atomic mass is 35.5. The molecule has 7 heteroatoms. The SMILES string of the molecule is COc1cc(OCC(O)C[NH2+]C2CCCC2)cc(OC)c1OC.[Cl-]. The van der Waals surface area contributed by atoms with E-state index in [9.17, 15) is 5.11 Å². The molecule has 1 aromatic rings. The first kappa shape index (κ1) is 20.7. The fraction of sp³-hybridized carbons (Fsp3) is 0.647. The van der Waals surface area contributed by atoms with Gasteiger partial charge in [0.1, 0.15) is 25.0 Å². The Hall–Kier alpha value is -1.37. The smallest absolute Gasteiger partial charge is 0.203 e. The molecule has 138 valence electrons. The molecule has 0 radical (unpaired) electrons. The van der Waals surface area contributed by atoms with Gasteiger partial charge in [0.25, 0.3) is 0 Å². The van der Waals surface area contributed by atoms with E-state index < -0.39 is 6.10 Å². The van der Waals surface area contributed by atoms with E-state index in [2.05, 4.69) is 5.32 Å². The molecule has 0 aliphatic heterocycles. The number of hydrogen-bond acceptors (Lipinski definition) is 5. The minimum atomic E-state index is -0.505. The normalized spacial score (nSPS) is 15.5. The van der Waals surface area contributed by atoms with E-state index in [1.807, 2.05) is 0 Å². The summed E-state index contributed by atoms with van der Waals surface area (Å²) in [7, 11) is 4.68. The standard InChI is InChI=1S/C17H27NO5.ClH/c1-20-15-8-14(9-16(21-2)17(15)22-3)23-11-13(19)10-18-12-6-4-5-7-12;/h8-9,12-13,18-19H,4-7,10-11H2,1-3H3;1H. The fourth-order valence-corrected chi connectivity index (χ4v) is 2.94. The Morgan fingerprint density at radius 3 is 2.17 bits per heavy atom. The number of aliphatic hydroxyl groups excluding tert-OH is 1. The van der Waals surface area contributed by atoms with Gasteiger partial charge in [-0.05, 0) is 25.7 Å². The van der Waals surface area contributed by atoms with Crippen LogP contribution in [0.2, 0.25) is 0 Å². The largest absolute Gasteiger partial charge is 1.00 e. The summed E-state index contributed by atoms with van der Waals surface area (Å²) in [6.07, 6.45) is 4.61. The van der Waals surface area contributed by atoms with Crippen LogP contribution in [0.3, 0.4) is 0 Å². The molecule has 0 aromatic heterocycles. The van der Waals surface area contributed by atoms with Gasteiger partial charge in [0.2, 0.25) is 5.75 Å². The van der Waals surface area contributed by atoms with Crippen molar-refractivity contribution in [3.63, 3.8) is 0 Å². The highest BCUT2D eigenvalue weighted by Gasteiger charge is 2.20. The zero-order valence-electron chi connectivity index (χ0n) is 14.6. The molecule has 1 aliphatic rings. The molecule has 1 aliphatic carbocycles. The number of benzene rings is 1. The van der Waals surface area contributed by atoms with Gasteiger partial charge in [0, 0.05) is 12.1 Å². The lowest BCUT2D eigenvalue weighted by molar-refractivity contribution is -0.693. The highest BCUT2D eigenvalue weighted by Crippen LogP contribution is 2.40. The van der Waals surface area contributed by atoms with Gasteiger partial charge in [-0.1, -0.05) is 0 Å². The molecule has 0 heterocycles. The van der Waals surface area contributed by atoms with Crippen LogP contribution in [0.25, 0.3) is 0 Å². The van der Waals surface area contributed by atoms with Gasteiger partial charge < -0.3 is 41.8 Å². The van der Waals surface area contributed by atoms with Crippen LogP contribution in [-0.4, -0.2) is 51.7 Å². The van der Waals surface area contributed by atoms with Crippen molar-refractivity contribution in [1.82, 2.24) is 0 Å². The van der Waals surface area contributed by atoms with Crippen molar-refractivity contribution in [1.29, 1.82) is 0 Å². The molecule has 2 rings (SSSR count). The second kappa shape index (κ2) is 10.5. The first-order valence-corrected chi connectivity index (χ1v) is 8.12. The second-order valence-corrected chi connectivity index (χ2v) is 5.84. The molecule has 3 N–H and O–H groups in total. The molecule has 0 spiro atoms. The number of aliphatic hydroxyl groups is 1. The third kappa shape index (κ3) is 5.61. The molecule has 24 heavy (non-hydrogen) atoms. The summed E-state index contributed by atoms with van der Waals surface area (Å²) >= 11 is 0. The zero-order chi connectivity index (χ0) is 16.7. The van der Waals surface area contributed by atoms with Gasteiger partial charge in [-0.2, -0.15) is 0 Å². The Balaban J connectivity index is 0.00000288. The monoisotopic (exact) mass is 361 g/mol. The minimum absolute atomic E-state index is 0. The van der Waals surface area contributed by atoms with Crippen molar-refractivity contribution in [3.05, 3.63) is 12.1 Å². The van der Waals surface area contributed by atoms with Gasteiger partial charge in [-0.3, -0.25) is 0 Å².